The highest BCUT2D eigenvalue weighted by molar-refractivity contribution is 7.98. The molecule has 130 valence electrons. The molecule has 0 amide bonds. The third-order valence-electron chi connectivity index (χ3n) is 3.87. The smallest absolute Gasteiger partial charge is 0.243 e. The molecule has 0 saturated heterocycles. The summed E-state index contributed by atoms with van der Waals surface area (Å²) in [7, 11) is -0.312. The van der Waals surface area contributed by atoms with Gasteiger partial charge < -0.3 is 4.74 Å². The van der Waals surface area contributed by atoms with Crippen molar-refractivity contribution in [3.8, 4) is 5.75 Å². The minimum atomic E-state index is -3.53. The normalized spacial score (nSPS) is 11.8. The Kier molecular flexibility index (Phi) is 5.96. The molecule has 0 saturated carbocycles. The van der Waals surface area contributed by atoms with Crippen molar-refractivity contribution < 1.29 is 13.2 Å². The highest BCUT2D eigenvalue weighted by atomic mass is 32.2. The summed E-state index contributed by atoms with van der Waals surface area (Å²) in [4.78, 5) is 1.38. The Morgan fingerprint density at radius 2 is 1.83 bits per heavy atom. The van der Waals surface area contributed by atoms with Crippen LogP contribution in [0.3, 0.4) is 0 Å². The van der Waals surface area contributed by atoms with Gasteiger partial charge in [0.05, 0.1) is 12.0 Å². The van der Waals surface area contributed by atoms with Gasteiger partial charge in [-0.2, -0.15) is 4.31 Å². The molecule has 2 aromatic carbocycles. The lowest BCUT2D eigenvalue weighted by Crippen LogP contribution is -2.27. The summed E-state index contributed by atoms with van der Waals surface area (Å²) in [6.45, 7) is 4.07. The predicted octanol–water partition coefficient (Wildman–Crippen LogP) is 3.85. The molecule has 6 heteroatoms. The van der Waals surface area contributed by atoms with E-state index in [1.54, 1.807) is 32.0 Å². The molecule has 2 rings (SSSR count). The number of hydrogen-bond donors (Lipinski definition) is 0. The number of nitrogens with zero attached hydrogens (tertiary/aromatic N) is 1. The van der Waals surface area contributed by atoms with Gasteiger partial charge in [0.25, 0.3) is 0 Å². The van der Waals surface area contributed by atoms with Gasteiger partial charge in [-0.15, -0.1) is 11.8 Å². The first kappa shape index (κ1) is 18.8. The van der Waals surface area contributed by atoms with Gasteiger partial charge in [-0.05, 0) is 49.4 Å². The number of thioether (sulfide) groups is 1. The number of benzene rings is 2. The largest absolute Gasteiger partial charge is 0.496 e. The molecule has 0 fully saturated rings. The molecule has 2 aromatic rings. The second-order valence-corrected chi connectivity index (χ2v) is 8.58. The van der Waals surface area contributed by atoms with Crippen LogP contribution in [0.15, 0.2) is 46.2 Å². The topological polar surface area (TPSA) is 46.6 Å². The molecule has 0 radical (unpaired) electrons. The van der Waals surface area contributed by atoms with Crippen LogP contribution in [0.4, 0.5) is 0 Å². The van der Waals surface area contributed by atoms with E-state index in [0.29, 0.717) is 11.4 Å². The van der Waals surface area contributed by atoms with Crippen LogP contribution in [0, 0.1) is 13.8 Å². The van der Waals surface area contributed by atoms with E-state index in [1.165, 1.54) is 4.31 Å². The van der Waals surface area contributed by atoms with Gasteiger partial charge in [-0.1, -0.05) is 23.8 Å². The molecule has 24 heavy (non-hydrogen) atoms. The molecule has 0 atom stereocenters. The molecule has 0 N–H and O–H groups in total. The second-order valence-electron chi connectivity index (χ2n) is 5.72. The average Bonchev–Trinajstić information content (AvgIpc) is 2.54. The van der Waals surface area contributed by atoms with Gasteiger partial charge in [-0.25, -0.2) is 8.42 Å². The number of rotatable bonds is 6. The molecule has 0 aliphatic heterocycles. The molecular formula is C18H23NO3S2. The first-order valence-electron chi connectivity index (χ1n) is 7.54. The lowest BCUT2D eigenvalue weighted by molar-refractivity contribution is 0.402. The van der Waals surface area contributed by atoms with Crippen LogP contribution in [0.1, 0.15) is 16.7 Å². The lowest BCUT2D eigenvalue weighted by atomic mass is 10.2. The van der Waals surface area contributed by atoms with Crippen molar-refractivity contribution in [3.05, 3.63) is 53.1 Å². The molecule has 0 aliphatic carbocycles. The van der Waals surface area contributed by atoms with Crippen LogP contribution >= 0.6 is 11.8 Å². The van der Waals surface area contributed by atoms with E-state index >= 15 is 0 Å². The van der Waals surface area contributed by atoms with Crippen molar-refractivity contribution in [2.24, 2.45) is 0 Å². The zero-order valence-electron chi connectivity index (χ0n) is 14.7. The number of sulfonamides is 1. The van der Waals surface area contributed by atoms with Gasteiger partial charge in [0.15, 0.2) is 0 Å². The molecule has 0 aliphatic rings. The molecule has 0 unspecified atom stereocenters. The monoisotopic (exact) mass is 365 g/mol. The molecule has 0 aromatic heterocycles. The van der Waals surface area contributed by atoms with Crippen molar-refractivity contribution in [1.82, 2.24) is 4.31 Å². The maximum absolute atomic E-state index is 12.8. The van der Waals surface area contributed by atoms with Gasteiger partial charge >= 0.3 is 0 Å². The fourth-order valence-electron chi connectivity index (χ4n) is 2.58. The van der Waals surface area contributed by atoms with Gasteiger partial charge in [0, 0.05) is 18.5 Å². The van der Waals surface area contributed by atoms with E-state index in [-0.39, 0.29) is 0 Å². The van der Waals surface area contributed by atoms with Crippen LogP contribution in [0.2, 0.25) is 0 Å². The summed E-state index contributed by atoms with van der Waals surface area (Å²) in [5.74, 6) is 0.761. The zero-order valence-corrected chi connectivity index (χ0v) is 16.3. The van der Waals surface area contributed by atoms with Crippen molar-refractivity contribution in [2.75, 3.05) is 20.4 Å². The first-order valence-corrected chi connectivity index (χ1v) is 10.2. The summed E-state index contributed by atoms with van der Waals surface area (Å²) >= 11 is 1.60. The van der Waals surface area contributed by atoms with E-state index in [4.69, 9.17) is 4.74 Å². The van der Waals surface area contributed by atoms with E-state index in [9.17, 15) is 8.42 Å². The summed E-state index contributed by atoms with van der Waals surface area (Å²) < 4.78 is 32.4. The Morgan fingerprint density at radius 3 is 2.42 bits per heavy atom. The minimum absolute atomic E-state index is 0.292. The Morgan fingerprint density at radius 1 is 1.12 bits per heavy atom. The van der Waals surface area contributed by atoms with Gasteiger partial charge in [0.1, 0.15) is 5.75 Å². The van der Waals surface area contributed by atoms with Crippen molar-refractivity contribution >= 4 is 21.8 Å². The van der Waals surface area contributed by atoms with E-state index in [2.05, 4.69) is 0 Å². The van der Waals surface area contributed by atoms with Gasteiger partial charge in [-0.3, -0.25) is 0 Å². The summed E-state index contributed by atoms with van der Waals surface area (Å²) in [6, 6.07) is 11.2. The SMILES string of the molecule is COc1cc(CN(C)S(=O)(=O)c2ccc(C)cc2C)ccc1SC. The van der Waals surface area contributed by atoms with Crippen molar-refractivity contribution in [3.63, 3.8) is 0 Å². The molecule has 0 bridgehead atoms. The zero-order chi connectivity index (χ0) is 17.9. The van der Waals surface area contributed by atoms with Crippen LogP contribution in [0.5, 0.6) is 5.75 Å². The molecule has 0 heterocycles. The quantitative estimate of drug-likeness (QED) is 0.730. The lowest BCUT2D eigenvalue weighted by Gasteiger charge is -2.19. The van der Waals surface area contributed by atoms with Gasteiger partial charge in [0.2, 0.25) is 10.0 Å². The number of methoxy groups -OCH3 is 1. The molecule has 4 nitrogen and oxygen atoms in total. The Hall–Kier alpha value is -1.50. The van der Waals surface area contributed by atoms with E-state index in [1.807, 2.05) is 50.4 Å². The molecule has 0 spiro atoms. The average molecular weight is 366 g/mol. The van der Waals surface area contributed by atoms with Crippen molar-refractivity contribution in [1.29, 1.82) is 0 Å². The van der Waals surface area contributed by atoms with Crippen LogP contribution in [0.25, 0.3) is 0 Å². The predicted molar refractivity (Wildman–Crippen MR) is 99.3 cm³/mol. The summed E-state index contributed by atoms with van der Waals surface area (Å²) in [6.07, 6.45) is 1.98. The second kappa shape index (κ2) is 7.59. The van der Waals surface area contributed by atoms with E-state index in [0.717, 1.165) is 27.3 Å². The van der Waals surface area contributed by atoms with Crippen LogP contribution in [-0.4, -0.2) is 33.1 Å². The summed E-state index contributed by atoms with van der Waals surface area (Å²) in [5, 5.41) is 0. The molecular weight excluding hydrogens is 342 g/mol. The van der Waals surface area contributed by atoms with E-state index < -0.39 is 10.0 Å². The Labute approximate surface area is 148 Å². The van der Waals surface area contributed by atoms with Crippen molar-refractivity contribution in [2.45, 2.75) is 30.2 Å². The van der Waals surface area contributed by atoms with Crippen LogP contribution in [-0.2, 0) is 16.6 Å². The highest BCUT2D eigenvalue weighted by Crippen LogP contribution is 2.29. The fourth-order valence-corrected chi connectivity index (χ4v) is 4.49. The Bertz CT molecular complexity index is 832. The maximum atomic E-state index is 12.8. The first-order chi connectivity index (χ1) is 11.3. The third-order valence-corrected chi connectivity index (χ3v) is 6.61. The number of ether oxygens (including phenoxy) is 1. The third kappa shape index (κ3) is 3.94. The Balaban J connectivity index is 2.29. The fraction of sp³-hybridized carbons (Fsp3) is 0.333. The standard InChI is InChI=1S/C18H23NO3S2/c1-13-6-9-18(14(2)10-13)24(20,21)19(3)12-15-7-8-17(23-5)16(11-15)22-4/h6-11H,12H2,1-5H3. The summed E-state index contributed by atoms with van der Waals surface area (Å²) in [5.41, 5.74) is 2.70. The number of hydrogen-bond acceptors (Lipinski definition) is 4. The minimum Gasteiger partial charge on any atom is -0.496 e. The van der Waals surface area contributed by atoms with Crippen LogP contribution < -0.4 is 4.74 Å². The number of aryl methyl sites for hydroxylation is 2. The maximum Gasteiger partial charge on any atom is 0.243 e. The highest BCUT2D eigenvalue weighted by Gasteiger charge is 2.23.